The summed E-state index contributed by atoms with van der Waals surface area (Å²) in [6, 6.07) is 9.30. The van der Waals surface area contributed by atoms with E-state index in [1.165, 1.54) is 0 Å². The smallest absolute Gasteiger partial charge is 0.127 e. The van der Waals surface area contributed by atoms with Gasteiger partial charge in [-0.05, 0) is 45.3 Å². The topological polar surface area (TPSA) is 0 Å². The van der Waals surface area contributed by atoms with Crippen LogP contribution in [0.5, 0.6) is 0 Å². The summed E-state index contributed by atoms with van der Waals surface area (Å²) in [6.07, 6.45) is 0. The molecule has 0 nitrogen and oxygen atoms in total. The molecule has 13 heavy (non-hydrogen) atoms. The fourth-order valence-corrected chi connectivity index (χ4v) is 1.92. The third-order valence-electron chi connectivity index (χ3n) is 2.17. The van der Waals surface area contributed by atoms with E-state index < -0.39 is 0 Å². The van der Waals surface area contributed by atoms with Crippen molar-refractivity contribution >= 4 is 26.7 Å². The zero-order chi connectivity index (χ0) is 9.42. The third-order valence-corrected chi connectivity index (χ3v) is 3.19. The Hall–Kier alpha value is -0.890. The first-order chi connectivity index (χ1) is 6.20. The van der Waals surface area contributed by atoms with Gasteiger partial charge in [-0.15, -0.1) is 0 Å². The van der Waals surface area contributed by atoms with Crippen molar-refractivity contribution < 1.29 is 4.39 Å². The number of hydrogen-bond acceptors (Lipinski definition) is 0. The molecule has 0 spiro atoms. The molecule has 0 N–H and O–H groups in total. The predicted octanol–water partition coefficient (Wildman–Crippen LogP) is 4.05. The maximum Gasteiger partial charge on any atom is 0.127 e. The van der Waals surface area contributed by atoms with Crippen LogP contribution in [0.4, 0.5) is 4.39 Å². The standard InChI is InChI=1S/C11H8BrF/c1-7-10(13)6-8-4-2-3-5-9(8)11(7)12/h2-6H,1H3. The molecule has 0 aromatic heterocycles. The van der Waals surface area contributed by atoms with Gasteiger partial charge in [-0.1, -0.05) is 24.3 Å². The van der Waals surface area contributed by atoms with E-state index in [0.717, 1.165) is 15.2 Å². The molecule has 0 radical (unpaired) electrons. The SMILES string of the molecule is Cc1c(F)cc2ccccc2c1Br. The van der Waals surface area contributed by atoms with E-state index in [0.29, 0.717) is 5.56 Å². The van der Waals surface area contributed by atoms with E-state index >= 15 is 0 Å². The van der Waals surface area contributed by atoms with Crippen molar-refractivity contribution in [2.75, 3.05) is 0 Å². The van der Waals surface area contributed by atoms with Gasteiger partial charge in [0.25, 0.3) is 0 Å². The quantitative estimate of drug-likeness (QED) is 0.650. The van der Waals surface area contributed by atoms with Crippen LogP contribution in [0, 0.1) is 12.7 Å². The summed E-state index contributed by atoms with van der Waals surface area (Å²) in [4.78, 5) is 0. The average molecular weight is 239 g/mol. The lowest BCUT2D eigenvalue weighted by molar-refractivity contribution is 0.619. The van der Waals surface area contributed by atoms with E-state index in [1.54, 1.807) is 13.0 Å². The van der Waals surface area contributed by atoms with Gasteiger partial charge >= 0.3 is 0 Å². The molecule has 66 valence electrons. The van der Waals surface area contributed by atoms with Gasteiger partial charge in [0, 0.05) is 4.47 Å². The summed E-state index contributed by atoms with van der Waals surface area (Å²) in [5, 5.41) is 1.99. The Balaban J connectivity index is 2.94. The lowest BCUT2D eigenvalue weighted by Gasteiger charge is -2.04. The van der Waals surface area contributed by atoms with Crippen LogP contribution in [-0.4, -0.2) is 0 Å². The number of benzene rings is 2. The van der Waals surface area contributed by atoms with Gasteiger partial charge in [-0.2, -0.15) is 0 Å². The monoisotopic (exact) mass is 238 g/mol. The lowest BCUT2D eigenvalue weighted by atomic mass is 10.1. The molecule has 2 aromatic carbocycles. The van der Waals surface area contributed by atoms with Gasteiger partial charge in [0.05, 0.1) is 0 Å². The van der Waals surface area contributed by atoms with Crippen LogP contribution in [0.25, 0.3) is 10.8 Å². The molecule has 0 saturated carbocycles. The van der Waals surface area contributed by atoms with Crippen LogP contribution in [0.2, 0.25) is 0 Å². The Morgan fingerprint density at radius 1 is 1.23 bits per heavy atom. The van der Waals surface area contributed by atoms with E-state index in [4.69, 9.17) is 0 Å². The maximum atomic E-state index is 13.3. The van der Waals surface area contributed by atoms with Crippen molar-refractivity contribution in [3.63, 3.8) is 0 Å². The van der Waals surface area contributed by atoms with E-state index in [1.807, 2.05) is 24.3 Å². The van der Waals surface area contributed by atoms with Gasteiger partial charge in [0.15, 0.2) is 0 Å². The zero-order valence-electron chi connectivity index (χ0n) is 7.14. The highest BCUT2D eigenvalue weighted by atomic mass is 79.9. The van der Waals surface area contributed by atoms with E-state index in [-0.39, 0.29) is 5.82 Å². The van der Waals surface area contributed by atoms with Crippen LogP contribution in [0.1, 0.15) is 5.56 Å². The van der Waals surface area contributed by atoms with Gasteiger partial charge in [0.2, 0.25) is 0 Å². The molecule has 2 rings (SSSR count). The van der Waals surface area contributed by atoms with Crippen molar-refractivity contribution in [1.29, 1.82) is 0 Å². The predicted molar refractivity (Wildman–Crippen MR) is 56.3 cm³/mol. The summed E-state index contributed by atoms with van der Waals surface area (Å²) in [5.41, 5.74) is 0.665. The normalized spacial score (nSPS) is 10.7. The molecule has 0 saturated heterocycles. The van der Waals surface area contributed by atoms with Gasteiger partial charge in [-0.25, -0.2) is 4.39 Å². The maximum absolute atomic E-state index is 13.3. The first-order valence-corrected chi connectivity index (χ1v) is 4.83. The summed E-state index contributed by atoms with van der Waals surface area (Å²) >= 11 is 3.39. The fraction of sp³-hybridized carbons (Fsp3) is 0.0909. The molecular weight excluding hydrogens is 231 g/mol. The number of hydrogen-bond donors (Lipinski definition) is 0. The Morgan fingerprint density at radius 2 is 1.92 bits per heavy atom. The van der Waals surface area contributed by atoms with E-state index in [2.05, 4.69) is 15.9 Å². The van der Waals surface area contributed by atoms with Crippen LogP contribution >= 0.6 is 15.9 Å². The Kier molecular flexibility index (Phi) is 2.08. The number of halogens is 2. The summed E-state index contributed by atoms with van der Waals surface area (Å²) in [6.45, 7) is 1.77. The van der Waals surface area contributed by atoms with Gasteiger partial charge < -0.3 is 0 Å². The summed E-state index contributed by atoms with van der Waals surface area (Å²) in [7, 11) is 0. The molecule has 0 fully saturated rings. The molecular formula is C11H8BrF. The molecule has 0 heterocycles. The highest BCUT2D eigenvalue weighted by molar-refractivity contribution is 9.10. The minimum atomic E-state index is -0.162. The lowest BCUT2D eigenvalue weighted by Crippen LogP contribution is -1.85. The molecule has 0 aliphatic rings. The number of rotatable bonds is 0. The molecule has 0 aliphatic heterocycles. The highest BCUT2D eigenvalue weighted by Gasteiger charge is 2.06. The van der Waals surface area contributed by atoms with Crippen molar-refractivity contribution in [2.45, 2.75) is 6.92 Å². The van der Waals surface area contributed by atoms with Crippen LogP contribution < -0.4 is 0 Å². The minimum absolute atomic E-state index is 0.162. The average Bonchev–Trinajstić information content (AvgIpc) is 2.15. The molecule has 0 aliphatic carbocycles. The second-order valence-electron chi connectivity index (χ2n) is 3.02. The van der Waals surface area contributed by atoms with Crippen LogP contribution in [-0.2, 0) is 0 Å². The van der Waals surface area contributed by atoms with E-state index in [9.17, 15) is 4.39 Å². The van der Waals surface area contributed by atoms with Gasteiger partial charge in [-0.3, -0.25) is 0 Å². The molecule has 0 amide bonds. The molecule has 2 aromatic rings. The fourth-order valence-electron chi connectivity index (χ4n) is 1.37. The second kappa shape index (κ2) is 3.11. The summed E-state index contributed by atoms with van der Waals surface area (Å²) < 4.78 is 14.1. The Bertz CT molecular complexity index is 463. The van der Waals surface area contributed by atoms with Crippen LogP contribution in [0.15, 0.2) is 34.8 Å². The minimum Gasteiger partial charge on any atom is -0.207 e. The highest BCUT2D eigenvalue weighted by Crippen LogP contribution is 2.29. The Morgan fingerprint density at radius 3 is 2.69 bits per heavy atom. The molecule has 0 bridgehead atoms. The largest absolute Gasteiger partial charge is 0.207 e. The Labute approximate surface area is 84.5 Å². The van der Waals surface area contributed by atoms with Crippen LogP contribution in [0.3, 0.4) is 0 Å². The summed E-state index contributed by atoms with van der Waals surface area (Å²) in [5.74, 6) is -0.162. The third kappa shape index (κ3) is 1.35. The molecule has 0 atom stereocenters. The van der Waals surface area contributed by atoms with Crippen molar-refractivity contribution in [3.8, 4) is 0 Å². The van der Waals surface area contributed by atoms with Crippen molar-refractivity contribution in [3.05, 3.63) is 46.2 Å². The van der Waals surface area contributed by atoms with Gasteiger partial charge in [0.1, 0.15) is 5.82 Å². The molecule has 2 heteroatoms. The van der Waals surface area contributed by atoms with Crippen molar-refractivity contribution in [1.82, 2.24) is 0 Å². The first-order valence-electron chi connectivity index (χ1n) is 4.03. The second-order valence-corrected chi connectivity index (χ2v) is 3.81. The van der Waals surface area contributed by atoms with Crippen molar-refractivity contribution in [2.24, 2.45) is 0 Å². The molecule has 0 unspecified atom stereocenters. The number of fused-ring (bicyclic) bond motifs is 1. The first kappa shape index (κ1) is 8.70. The zero-order valence-corrected chi connectivity index (χ0v) is 8.73.